The number of rotatable bonds is 19. The highest BCUT2D eigenvalue weighted by Crippen LogP contribution is 2.53. The normalized spacial score (nSPS) is 23.4. The molecule has 2 heterocycles. The zero-order chi connectivity index (χ0) is 40.0. The van der Waals surface area contributed by atoms with E-state index in [-0.39, 0.29) is 41.9 Å². The van der Waals surface area contributed by atoms with Gasteiger partial charge in [-0.2, -0.15) is 0 Å². The molecule has 4 amide bonds. The Morgan fingerprint density at radius 2 is 1.36 bits per heavy atom. The summed E-state index contributed by atoms with van der Waals surface area (Å²) < 4.78 is 5.43. The molecule has 0 radical (unpaired) electrons. The Morgan fingerprint density at radius 1 is 0.818 bits per heavy atom. The van der Waals surface area contributed by atoms with Crippen molar-refractivity contribution in [2.45, 2.75) is 115 Å². The highest BCUT2D eigenvalue weighted by Gasteiger charge is 2.54. The predicted molar refractivity (Wildman–Crippen MR) is 213 cm³/mol. The highest BCUT2D eigenvalue weighted by atomic mass is 28.4. The average Bonchev–Trinajstić information content (AvgIpc) is 4.04. The van der Waals surface area contributed by atoms with Crippen LogP contribution in [0.4, 0.5) is 0 Å². The van der Waals surface area contributed by atoms with Crippen LogP contribution in [0.25, 0.3) is 0 Å². The van der Waals surface area contributed by atoms with Crippen LogP contribution < -0.4 is 21.3 Å². The number of aryl methyl sites for hydroxylation is 1. The lowest BCUT2D eigenvalue weighted by Crippen LogP contribution is -2.60. The van der Waals surface area contributed by atoms with Crippen molar-refractivity contribution in [3.05, 3.63) is 71.8 Å². The molecular formula is C42H61N5O7Si. The molecule has 1 unspecified atom stereocenters. The van der Waals surface area contributed by atoms with Crippen LogP contribution in [0.15, 0.2) is 60.7 Å². The van der Waals surface area contributed by atoms with Crippen LogP contribution in [-0.2, 0) is 41.6 Å². The van der Waals surface area contributed by atoms with Crippen LogP contribution in [0.2, 0.25) is 18.6 Å². The summed E-state index contributed by atoms with van der Waals surface area (Å²) in [5.41, 5.74) is 0.674. The molecule has 0 bridgehead atoms. The minimum absolute atomic E-state index is 0.112. The van der Waals surface area contributed by atoms with E-state index < -0.39 is 55.8 Å². The molecule has 5 N–H and O–H groups in total. The number of epoxide rings is 1. The van der Waals surface area contributed by atoms with Gasteiger partial charge >= 0.3 is 0 Å². The van der Waals surface area contributed by atoms with Crippen LogP contribution >= 0.6 is 0 Å². The topological polar surface area (TPSA) is 169 Å². The van der Waals surface area contributed by atoms with Gasteiger partial charge in [-0.1, -0.05) is 88.4 Å². The molecule has 2 aromatic rings. The molecule has 1 aliphatic carbocycles. The van der Waals surface area contributed by atoms with Crippen LogP contribution in [0.1, 0.15) is 65.0 Å². The maximum Gasteiger partial charge on any atom is 0.243 e. The van der Waals surface area contributed by atoms with E-state index in [0.29, 0.717) is 57.5 Å². The first-order valence-electron chi connectivity index (χ1n) is 19.9. The maximum absolute atomic E-state index is 14.4. The van der Waals surface area contributed by atoms with E-state index in [1.807, 2.05) is 99.8 Å². The Labute approximate surface area is 327 Å². The van der Waals surface area contributed by atoms with Gasteiger partial charge in [0.25, 0.3) is 0 Å². The van der Waals surface area contributed by atoms with Crippen molar-refractivity contribution >= 4 is 37.7 Å². The third-order valence-electron chi connectivity index (χ3n) is 11.4. The fourth-order valence-electron chi connectivity index (χ4n) is 7.45. The second-order valence-electron chi connectivity index (χ2n) is 17.5. The Hall–Kier alpha value is -3.91. The Kier molecular flexibility index (Phi) is 13.8. The summed E-state index contributed by atoms with van der Waals surface area (Å²) >= 11 is 0. The smallest absolute Gasteiger partial charge is 0.243 e. The number of nitrogens with one attached hydrogen (secondary N) is 4. The molecule has 1 saturated carbocycles. The number of ether oxygens (including phenoxy) is 1. The Bertz CT molecular complexity index is 1660. The second kappa shape index (κ2) is 17.9. The van der Waals surface area contributed by atoms with Gasteiger partial charge in [0.2, 0.25) is 23.6 Å². The van der Waals surface area contributed by atoms with Crippen molar-refractivity contribution in [3.8, 4) is 0 Å². The number of Topliss-reactive ketones (excluding diaryl/α,β-unsaturated/α-hetero) is 1. The summed E-state index contributed by atoms with van der Waals surface area (Å²) in [4.78, 5) is 81.9. The summed E-state index contributed by atoms with van der Waals surface area (Å²) in [5.74, 6) is -2.03. The largest absolute Gasteiger partial charge is 0.432 e. The molecule has 6 atom stereocenters. The number of amides is 4. The zero-order valence-electron chi connectivity index (χ0n) is 33.4. The van der Waals surface area contributed by atoms with Gasteiger partial charge < -0.3 is 30.8 Å². The SMILES string of the molecule is CC(C)C[C@H](NC(=O)[C@H](Cc1ccccc1)NC(=O)[C@@H](NC(=O)[C@H](CCc1ccccc1)NC(=O)CN1CC[Si](C)(O)CC1)C1CC1(C)C)C(=O)[C@@]1(C)CO1. The molecule has 55 heavy (non-hydrogen) atoms. The molecule has 0 aromatic heterocycles. The molecule has 13 heteroatoms. The van der Waals surface area contributed by atoms with Crippen molar-refractivity contribution in [1.29, 1.82) is 0 Å². The lowest BCUT2D eigenvalue weighted by molar-refractivity contribution is -0.135. The lowest BCUT2D eigenvalue weighted by atomic mass is 9.93. The average molecular weight is 776 g/mol. The summed E-state index contributed by atoms with van der Waals surface area (Å²) in [7, 11) is -2.22. The van der Waals surface area contributed by atoms with Gasteiger partial charge in [-0.15, -0.1) is 0 Å². The minimum atomic E-state index is -2.22. The fourth-order valence-corrected chi connectivity index (χ4v) is 9.30. The van der Waals surface area contributed by atoms with Gasteiger partial charge in [0, 0.05) is 6.42 Å². The molecule has 3 fully saturated rings. The molecule has 2 aromatic carbocycles. The Balaban J connectivity index is 1.33. The van der Waals surface area contributed by atoms with Crippen LogP contribution in [0.3, 0.4) is 0 Å². The molecular weight excluding hydrogens is 715 g/mol. The van der Waals surface area contributed by atoms with Gasteiger partial charge in [0.15, 0.2) is 14.1 Å². The van der Waals surface area contributed by atoms with Gasteiger partial charge in [-0.05, 0) is 92.7 Å². The van der Waals surface area contributed by atoms with E-state index in [0.717, 1.165) is 11.1 Å². The van der Waals surface area contributed by atoms with Gasteiger partial charge in [-0.3, -0.25) is 28.9 Å². The first kappa shape index (κ1) is 42.2. The number of carbonyl (C=O) groups excluding carboxylic acids is 5. The van der Waals surface area contributed by atoms with Crippen molar-refractivity contribution in [1.82, 2.24) is 26.2 Å². The van der Waals surface area contributed by atoms with Crippen molar-refractivity contribution in [3.63, 3.8) is 0 Å². The molecule has 5 rings (SSSR count). The zero-order valence-corrected chi connectivity index (χ0v) is 34.4. The number of benzene rings is 2. The third-order valence-corrected chi connectivity index (χ3v) is 14.0. The number of nitrogens with zero attached hydrogens (tertiary/aromatic N) is 1. The first-order valence-corrected chi connectivity index (χ1v) is 22.7. The number of hydrogen-bond acceptors (Lipinski definition) is 8. The minimum Gasteiger partial charge on any atom is -0.432 e. The quantitative estimate of drug-likeness (QED) is 0.107. The maximum atomic E-state index is 14.4. The van der Waals surface area contributed by atoms with E-state index in [1.54, 1.807) is 6.92 Å². The fraction of sp³-hybridized carbons (Fsp3) is 0.595. The van der Waals surface area contributed by atoms with Crippen molar-refractivity contribution in [2.24, 2.45) is 17.3 Å². The third kappa shape index (κ3) is 12.3. The standard InChI is InChI=1S/C42H61N5O7Si/c1-28(2)23-33(37(49)42(5)27-54-42)44-39(51)34(24-30-15-11-8-12-16-30)45-40(52)36(31-25-41(31,3)4)46-38(50)32(18-17-29-13-9-7-10-14-29)43-35(48)26-47-19-21-55(6,53)22-20-47/h7-16,28,31-34,36,53H,17-27H2,1-6H3,(H,43,48)(H,44,51)(H,45,52)(H,46,50)/t31?,32-,33-,34-,36-,42+/m0/s1. The molecule has 2 saturated heterocycles. The van der Waals surface area contributed by atoms with E-state index in [9.17, 15) is 28.8 Å². The van der Waals surface area contributed by atoms with Crippen molar-refractivity contribution < 1.29 is 33.5 Å². The lowest BCUT2D eigenvalue weighted by Gasteiger charge is -2.34. The molecule has 12 nitrogen and oxygen atoms in total. The van der Waals surface area contributed by atoms with Crippen LogP contribution in [0.5, 0.6) is 0 Å². The molecule has 300 valence electrons. The number of hydrogen-bond donors (Lipinski definition) is 5. The Morgan fingerprint density at radius 3 is 1.91 bits per heavy atom. The number of carbonyl (C=O) groups is 5. The molecule has 2 aliphatic heterocycles. The highest BCUT2D eigenvalue weighted by molar-refractivity contribution is 6.71. The van der Waals surface area contributed by atoms with E-state index in [2.05, 4.69) is 21.3 Å². The van der Waals surface area contributed by atoms with Gasteiger partial charge in [-0.25, -0.2) is 0 Å². The summed E-state index contributed by atoms with van der Waals surface area (Å²) in [5, 5.41) is 11.9. The predicted octanol–water partition coefficient (Wildman–Crippen LogP) is 3.13. The molecule has 0 spiro atoms. The first-order chi connectivity index (χ1) is 25.9. The van der Waals surface area contributed by atoms with Crippen LogP contribution in [-0.4, -0.2) is 103 Å². The van der Waals surface area contributed by atoms with Crippen LogP contribution in [0, 0.1) is 17.3 Å². The van der Waals surface area contributed by atoms with E-state index in [4.69, 9.17) is 4.74 Å². The number of ketones is 1. The summed E-state index contributed by atoms with van der Waals surface area (Å²) in [6.45, 7) is 13.4. The second-order valence-corrected chi connectivity index (χ2v) is 21.5. The van der Waals surface area contributed by atoms with Gasteiger partial charge in [0.05, 0.1) is 19.2 Å². The summed E-state index contributed by atoms with van der Waals surface area (Å²) in [6.07, 6.45) is 2.13. The van der Waals surface area contributed by atoms with E-state index >= 15 is 0 Å². The van der Waals surface area contributed by atoms with Crippen molar-refractivity contribution in [2.75, 3.05) is 26.2 Å². The monoisotopic (exact) mass is 775 g/mol. The molecule has 3 aliphatic rings. The summed E-state index contributed by atoms with van der Waals surface area (Å²) in [6, 6.07) is 16.7. The van der Waals surface area contributed by atoms with E-state index in [1.165, 1.54) is 0 Å². The van der Waals surface area contributed by atoms with Gasteiger partial charge in [0.1, 0.15) is 23.7 Å².